The number of aliphatic carboxylic acids is 1. The van der Waals surface area contributed by atoms with Crippen LogP contribution in [0.4, 0.5) is 0 Å². The van der Waals surface area contributed by atoms with Crippen molar-refractivity contribution in [1.82, 2.24) is 30.9 Å². The Morgan fingerprint density at radius 2 is 1.82 bits per heavy atom. The van der Waals surface area contributed by atoms with Crippen molar-refractivity contribution in [3.63, 3.8) is 0 Å². The number of para-hydroxylation sites is 1. The minimum atomic E-state index is -1.21. The molecule has 0 saturated carbocycles. The molecule has 2 aromatic heterocycles. The van der Waals surface area contributed by atoms with Crippen LogP contribution in [0.25, 0.3) is 10.9 Å². The number of nitrogens with two attached hydrogens (primary N) is 1. The van der Waals surface area contributed by atoms with Gasteiger partial charge in [-0.15, -0.1) is 0 Å². The Morgan fingerprint density at radius 3 is 2.55 bits per heavy atom. The lowest BCUT2D eigenvalue weighted by Crippen LogP contribution is -2.54. The molecule has 2 atom stereocenters. The lowest BCUT2D eigenvalue weighted by molar-refractivity contribution is -0.138. The van der Waals surface area contributed by atoms with Gasteiger partial charge in [-0.1, -0.05) is 18.2 Å². The second-order valence-corrected chi connectivity index (χ2v) is 7.40. The zero-order valence-corrected chi connectivity index (χ0v) is 17.6. The molecule has 0 aliphatic rings. The summed E-state index contributed by atoms with van der Waals surface area (Å²) in [4.78, 5) is 57.5. The molecule has 0 bridgehead atoms. The van der Waals surface area contributed by atoms with Crippen LogP contribution in [-0.4, -0.2) is 68.9 Å². The van der Waals surface area contributed by atoms with Gasteiger partial charge in [0.15, 0.2) is 0 Å². The molecular formula is C21H25N7O5. The van der Waals surface area contributed by atoms with Gasteiger partial charge in [0.25, 0.3) is 0 Å². The number of carbonyl (C=O) groups is 4. The maximum Gasteiger partial charge on any atom is 0.322 e. The Kier molecular flexibility index (Phi) is 7.76. The fourth-order valence-corrected chi connectivity index (χ4v) is 3.26. The van der Waals surface area contributed by atoms with Crippen LogP contribution in [0, 0.1) is 0 Å². The Balaban J connectivity index is 1.62. The predicted octanol–water partition coefficient (Wildman–Crippen LogP) is -1.19. The first-order valence-electron chi connectivity index (χ1n) is 10.2. The van der Waals surface area contributed by atoms with Crippen molar-refractivity contribution in [3.8, 4) is 0 Å². The highest BCUT2D eigenvalue weighted by molar-refractivity contribution is 5.93. The molecule has 33 heavy (non-hydrogen) atoms. The summed E-state index contributed by atoms with van der Waals surface area (Å²) in [5.74, 6) is -3.03. The highest BCUT2D eigenvalue weighted by atomic mass is 16.4. The van der Waals surface area contributed by atoms with E-state index < -0.39 is 48.9 Å². The Hall–Kier alpha value is -4.19. The van der Waals surface area contributed by atoms with Gasteiger partial charge in [-0.25, -0.2) is 4.98 Å². The zero-order chi connectivity index (χ0) is 23.8. The van der Waals surface area contributed by atoms with Crippen LogP contribution in [0.3, 0.4) is 0 Å². The van der Waals surface area contributed by atoms with Crippen molar-refractivity contribution >= 4 is 34.6 Å². The van der Waals surface area contributed by atoms with Crippen molar-refractivity contribution in [1.29, 1.82) is 0 Å². The number of hydrogen-bond acceptors (Lipinski definition) is 6. The number of aromatic amines is 2. The Labute approximate surface area is 188 Å². The van der Waals surface area contributed by atoms with Crippen molar-refractivity contribution < 1.29 is 24.3 Å². The molecule has 0 radical (unpaired) electrons. The number of imidazole rings is 1. The average Bonchev–Trinajstić information content (AvgIpc) is 3.45. The molecule has 1 aromatic carbocycles. The first-order chi connectivity index (χ1) is 15.8. The van der Waals surface area contributed by atoms with Crippen LogP contribution in [-0.2, 0) is 32.0 Å². The molecule has 0 saturated heterocycles. The summed E-state index contributed by atoms with van der Waals surface area (Å²) in [5.41, 5.74) is 8.51. The van der Waals surface area contributed by atoms with E-state index in [9.17, 15) is 19.2 Å². The van der Waals surface area contributed by atoms with E-state index in [1.54, 1.807) is 6.20 Å². The normalized spacial score (nSPS) is 12.6. The van der Waals surface area contributed by atoms with E-state index in [0.717, 1.165) is 16.5 Å². The zero-order valence-electron chi connectivity index (χ0n) is 17.6. The van der Waals surface area contributed by atoms with Crippen molar-refractivity contribution in [2.45, 2.75) is 24.9 Å². The smallest absolute Gasteiger partial charge is 0.322 e. The number of hydrogen-bond donors (Lipinski definition) is 7. The van der Waals surface area contributed by atoms with Crippen LogP contribution in [0.1, 0.15) is 11.3 Å². The molecule has 2 heterocycles. The summed E-state index contributed by atoms with van der Waals surface area (Å²) < 4.78 is 0. The van der Waals surface area contributed by atoms with Gasteiger partial charge < -0.3 is 36.8 Å². The maximum absolute atomic E-state index is 12.8. The third-order valence-electron chi connectivity index (χ3n) is 4.92. The van der Waals surface area contributed by atoms with Crippen molar-refractivity contribution in [3.05, 3.63) is 54.2 Å². The second-order valence-electron chi connectivity index (χ2n) is 7.40. The average molecular weight is 455 g/mol. The molecule has 3 amide bonds. The molecule has 3 aromatic rings. The van der Waals surface area contributed by atoms with Gasteiger partial charge >= 0.3 is 5.97 Å². The Morgan fingerprint density at radius 1 is 1.03 bits per heavy atom. The number of carbonyl (C=O) groups excluding carboxylic acids is 3. The summed E-state index contributed by atoms with van der Waals surface area (Å²) in [7, 11) is 0. The first-order valence-corrected chi connectivity index (χ1v) is 10.2. The van der Waals surface area contributed by atoms with Crippen LogP contribution in [0.15, 0.2) is 43.0 Å². The van der Waals surface area contributed by atoms with Gasteiger partial charge in [0.05, 0.1) is 18.9 Å². The van der Waals surface area contributed by atoms with Crippen LogP contribution < -0.4 is 21.7 Å². The van der Waals surface area contributed by atoms with Gasteiger partial charge in [-0.05, 0) is 18.1 Å². The van der Waals surface area contributed by atoms with Gasteiger partial charge in [0.1, 0.15) is 12.6 Å². The van der Waals surface area contributed by atoms with Crippen LogP contribution in [0.2, 0.25) is 0 Å². The van der Waals surface area contributed by atoms with E-state index in [-0.39, 0.29) is 12.8 Å². The number of H-pyrrole nitrogens is 2. The number of aromatic nitrogens is 3. The topological polar surface area (TPSA) is 195 Å². The molecular weight excluding hydrogens is 430 g/mol. The summed E-state index contributed by atoms with van der Waals surface area (Å²) in [6.45, 7) is -1.01. The van der Waals surface area contributed by atoms with Gasteiger partial charge in [0.2, 0.25) is 17.7 Å². The lowest BCUT2D eigenvalue weighted by Gasteiger charge is -2.20. The number of benzene rings is 1. The lowest BCUT2D eigenvalue weighted by atomic mass is 10.0. The Bertz CT molecular complexity index is 1130. The number of carboxylic acids is 1. The van der Waals surface area contributed by atoms with E-state index in [0.29, 0.717) is 5.69 Å². The summed E-state index contributed by atoms with van der Waals surface area (Å²) in [6, 6.07) is 5.69. The van der Waals surface area contributed by atoms with Crippen LogP contribution >= 0.6 is 0 Å². The molecule has 8 N–H and O–H groups in total. The maximum atomic E-state index is 12.8. The number of carboxylic acid groups (broad SMARTS) is 1. The van der Waals surface area contributed by atoms with Gasteiger partial charge in [-0.2, -0.15) is 0 Å². The standard InChI is InChI=1S/C21H25N7O5/c22-15(5-12-7-24-16-4-2-1-3-14(12)16)20(32)28-17(6-13-8-23-11-27-13)21(33)26-9-18(29)25-10-19(30)31/h1-4,7-8,11,15,17,24H,5-6,9-10,22H2,(H,23,27)(H,25,29)(H,26,33)(H,28,32)(H,30,31). The minimum Gasteiger partial charge on any atom is -0.480 e. The van der Waals surface area contributed by atoms with Crippen molar-refractivity contribution in [2.75, 3.05) is 13.1 Å². The second kappa shape index (κ2) is 10.9. The van der Waals surface area contributed by atoms with E-state index in [1.807, 2.05) is 24.3 Å². The van der Waals surface area contributed by atoms with Crippen molar-refractivity contribution in [2.24, 2.45) is 5.73 Å². The number of amides is 3. The minimum absolute atomic E-state index is 0.0914. The number of nitrogens with one attached hydrogen (secondary N) is 5. The SMILES string of the molecule is NC(Cc1c[nH]c2ccccc12)C(=O)NC(Cc1cnc[nH]1)C(=O)NCC(=O)NCC(=O)O. The molecule has 0 spiro atoms. The highest BCUT2D eigenvalue weighted by Gasteiger charge is 2.25. The third-order valence-corrected chi connectivity index (χ3v) is 4.92. The molecule has 3 rings (SSSR count). The van der Waals surface area contributed by atoms with Crippen LogP contribution in [0.5, 0.6) is 0 Å². The quantitative estimate of drug-likeness (QED) is 0.189. The van der Waals surface area contributed by atoms with E-state index >= 15 is 0 Å². The van der Waals surface area contributed by atoms with Gasteiger partial charge in [0, 0.05) is 35.4 Å². The molecule has 174 valence electrons. The largest absolute Gasteiger partial charge is 0.480 e. The summed E-state index contributed by atoms with van der Waals surface area (Å²) in [5, 5.41) is 16.7. The fraction of sp³-hybridized carbons (Fsp3) is 0.286. The summed E-state index contributed by atoms with van der Waals surface area (Å²) in [6.07, 6.45) is 5.09. The number of nitrogens with zero attached hydrogens (tertiary/aromatic N) is 1. The highest BCUT2D eigenvalue weighted by Crippen LogP contribution is 2.18. The number of fused-ring (bicyclic) bond motifs is 1. The molecule has 2 unspecified atom stereocenters. The predicted molar refractivity (Wildman–Crippen MR) is 118 cm³/mol. The van der Waals surface area contributed by atoms with Gasteiger partial charge in [-0.3, -0.25) is 19.2 Å². The molecule has 12 heteroatoms. The van der Waals surface area contributed by atoms with E-state index in [2.05, 4.69) is 30.9 Å². The summed E-state index contributed by atoms with van der Waals surface area (Å²) >= 11 is 0. The number of rotatable bonds is 11. The van der Waals surface area contributed by atoms with E-state index in [4.69, 9.17) is 10.8 Å². The molecule has 12 nitrogen and oxygen atoms in total. The molecule has 0 fully saturated rings. The third kappa shape index (κ3) is 6.64. The van der Waals surface area contributed by atoms with E-state index in [1.165, 1.54) is 12.5 Å². The monoisotopic (exact) mass is 455 g/mol. The molecule has 0 aliphatic heterocycles. The first kappa shape index (κ1) is 23.5. The molecule has 0 aliphatic carbocycles. The fourth-order valence-electron chi connectivity index (χ4n) is 3.26.